The monoisotopic (exact) mass is 363 g/mol. The highest BCUT2D eigenvalue weighted by atomic mass is 127. The summed E-state index contributed by atoms with van der Waals surface area (Å²) in [5, 5.41) is 6.38. The van der Waals surface area contributed by atoms with Gasteiger partial charge in [-0.3, -0.25) is 0 Å². The summed E-state index contributed by atoms with van der Waals surface area (Å²) in [6.07, 6.45) is 0. The normalized spacial score (nSPS) is 9.06. The maximum absolute atomic E-state index is 5.18. The van der Waals surface area contributed by atoms with Gasteiger partial charge in [-0.05, 0) is 31.5 Å². The molecule has 18 heavy (non-hydrogen) atoms. The molecule has 0 aliphatic rings. The molecule has 0 fully saturated rings. The molecule has 0 aliphatic heterocycles. The fourth-order valence-corrected chi connectivity index (χ4v) is 1.45. The molecule has 0 heterocycles. The highest BCUT2D eigenvalue weighted by Gasteiger charge is 1.97. The van der Waals surface area contributed by atoms with E-state index in [9.17, 15) is 0 Å². The fourth-order valence-electron chi connectivity index (χ4n) is 1.45. The summed E-state index contributed by atoms with van der Waals surface area (Å²) in [6, 6.07) is 7.95. The Kier molecular flexibility index (Phi) is 9.45. The van der Waals surface area contributed by atoms with Gasteiger partial charge in [0.2, 0.25) is 0 Å². The number of benzene rings is 1. The van der Waals surface area contributed by atoms with Gasteiger partial charge in [0.25, 0.3) is 0 Å². The van der Waals surface area contributed by atoms with Crippen molar-refractivity contribution >= 4 is 29.9 Å². The van der Waals surface area contributed by atoms with E-state index in [0.29, 0.717) is 6.54 Å². The number of ether oxygens (including phenoxy) is 1. The van der Waals surface area contributed by atoms with Gasteiger partial charge in [0.15, 0.2) is 5.96 Å². The number of methoxy groups -OCH3 is 1. The van der Waals surface area contributed by atoms with Crippen molar-refractivity contribution in [3.8, 4) is 5.75 Å². The molecule has 0 amide bonds. The summed E-state index contributed by atoms with van der Waals surface area (Å²) in [6.45, 7) is 6.48. The summed E-state index contributed by atoms with van der Waals surface area (Å²) in [7, 11) is 1.67. The Morgan fingerprint density at radius 3 is 2.44 bits per heavy atom. The Labute approximate surface area is 126 Å². The van der Waals surface area contributed by atoms with Gasteiger partial charge in [0.05, 0.1) is 13.7 Å². The summed E-state index contributed by atoms with van der Waals surface area (Å²) in [5.74, 6) is 1.71. The van der Waals surface area contributed by atoms with Crippen molar-refractivity contribution in [2.45, 2.75) is 20.4 Å². The Morgan fingerprint density at radius 1 is 1.22 bits per heavy atom. The lowest BCUT2D eigenvalue weighted by atomic mass is 10.2. The molecule has 2 N–H and O–H groups in total. The second kappa shape index (κ2) is 9.99. The first-order valence-corrected chi connectivity index (χ1v) is 5.95. The third kappa shape index (κ3) is 6.09. The average molecular weight is 363 g/mol. The van der Waals surface area contributed by atoms with Crippen molar-refractivity contribution in [2.24, 2.45) is 4.99 Å². The van der Waals surface area contributed by atoms with Crippen LogP contribution in [0.4, 0.5) is 0 Å². The van der Waals surface area contributed by atoms with Crippen molar-refractivity contribution < 1.29 is 4.74 Å². The minimum Gasteiger partial charge on any atom is -0.497 e. The maximum atomic E-state index is 5.18. The largest absolute Gasteiger partial charge is 0.497 e. The fraction of sp³-hybridized carbons (Fsp3) is 0.462. The predicted octanol–water partition coefficient (Wildman–Crippen LogP) is 2.39. The molecule has 4 nitrogen and oxygen atoms in total. The molecule has 102 valence electrons. The zero-order chi connectivity index (χ0) is 12.5. The van der Waals surface area contributed by atoms with E-state index in [2.05, 4.69) is 29.5 Å². The van der Waals surface area contributed by atoms with Crippen LogP contribution < -0.4 is 15.4 Å². The molecular formula is C13H22IN3O. The molecule has 0 spiro atoms. The van der Waals surface area contributed by atoms with Crippen LogP contribution in [-0.2, 0) is 6.54 Å². The number of aliphatic imine (C=N–C) groups is 1. The van der Waals surface area contributed by atoms with Crippen molar-refractivity contribution in [3.63, 3.8) is 0 Å². The molecule has 1 aromatic carbocycles. The molecule has 0 saturated heterocycles. The lowest BCUT2D eigenvalue weighted by molar-refractivity contribution is 0.414. The first kappa shape index (κ1) is 17.0. The molecule has 0 atom stereocenters. The van der Waals surface area contributed by atoms with Crippen LogP contribution in [0.5, 0.6) is 5.75 Å². The van der Waals surface area contributed by atoms with Gasteiger partial charge in [0.1, 0.15) is 5.75 Å². The summed E-state index contributed by atoms with van der Waals surface area (Å²) >= 11 is 0. The second-order valence-corrected chi connectivity index (χ2v) is 3.58. The highest BCUT2D eigenvalue weighted by Crippen LogP contribution is 2.12. The number of hydrogen-bond acceptors (Lipinski definition) is 2. The minimum atomic E-state index is 0. The number of hydrogen-bond donors (Lipinski definition) is 2. The highest BCUT2D eigenvalue weighted by molar-refractivity contribution is 14.0. The molecule has 0 saturated carbocycles. The van der Waals surface area contributed by atoms with Crippen LogP contribution in [0.25, 0.3) is 0 Å². The van der Waals surface area contributed by atoms with Crippen LogP contribution >= 0.6 is 24.0 Å². The quantitative estimate of drug-likeness (QED) is 0.480. The van der Waals surface area contributed by atoms with E-state index in [1.54, 1.807) is 7.11 Å². The topological polar surface area (TPSA) is 45.7 Å². The van der Waals surface area contributed by atoms with Gasteiger partial charge in [0, 0.05) is 13.1 Å². The zero-order valence-corrected chi connectivity index (χ0v) is 13.5. The molecule has 5 heteroatoms. The first-order chi connectivity index (χ1) is 8.30. The average Bonchev–Trinajstić information content (AvgIpc) is 2.37. The minimum absolute atomic E-state index is 0. The summed E-state index contributed by atoms with van der Waals surface area (Å²) in [5.41, 5.74) is 1.14. The van der Waals surface area contributed by atoms with E-state index >= 15 is 0 Å². The smallest absolute Gasteiger partial charge is 0.191 e. The van der Waals surface area contributed by atoms with Gasteiger partial charge in [-0.1, -0.05) is 12.1 Å². The van der Waals surface area contributed by atoms with E-state index in [1.165, 1.54) is 0 Å². The molecule has 1 rings (SSSR count). The zero-order valence-electron chi connectivity index (χ0n) is 11.2. The van der Waals surface area contributed by atoms with Gasteiger partial charge in [-0.25, -0.2) is 4.99 Å². The number of guanidine groups is 1. The lowest BCUT2D eigenvalue weighted by Crippen LogP contribution is -2.36. The molecule has 0 bridgehead atoms. The van der Waals surface area contributed by atoms with Crippen molar-refractivity contribution in [2.75, 3.05) is 20.2 Å². The SMILES string of the molecule is CCNC(=NCc1cccc(OC)c1)NCC.I. The van der Waals surface area contributed by atoms with Gasteiger partial charge in [-0.15, -0.1) is 24.0 Å². The molecule has 0 unspecified atom stereocenters. The number of halogens is 1. The molecular weight excluding hydrogens is 341 g/mol. The van der Waals surface area contributed by atoms with Gasteiger partial charge < -0.3 is 15.4 Å². The molecule has 0 radical (unpaired) electrons. The lowest BCUT2D eigenvalue weighted by Gasteiger charge is -2.09. The molecule has 1 aromatic rings. The van der Waals surface area contributed by atoms with E-state index in [-0.39, 0.29) is 24.0 Å². The number of nitrogens with zero attached hydrogens (tertiary/aromatic N) is 1. The molecule has 0 aromatic heterocycles. The van der Waals surface area contributed by atoms with Crippen molar-refractivity contribution in [1.82, 2.24) is 10.6 Å². The third-order valence-electron chi connectivity index (χ3n) is 2.24. The van der Waals surface area contributed by atoms with Crippen LogP contribution in [0.15, 0.2) is 29.3 Å². The van der Waals surface area contributed by atoms with Crippen molar-refractivity contribution in [1.29, 1.82) is 0 Å². The van der Waals surface area contributed by atoms with Crippen LogP contribution in [0.3, 0.4) is 0 Å². The van der Waals surface area contributed by atoms with Crippen LogP contribution in [-0.4, -0.2) is 26.2 Å². The standard InChI is InChI=1S/C13H21N3O.HI/c1-4-14-13(15-5-2)16-10-11-7-6-8-12(9-11)17-3;/h6-9H,4-5,10H2,1-3H3,(H2,14,15,16);1H. The molecule has 0 aliphatic carbocycles. The predicted molar refractivity (Wildman–Crippen MR) is 86.9 cm³/mol. The van der Waals surface area contributed by atoms with Crippen LogP contribution in [0.1, 0.15) is 19.4 Å². The Hall–Kier alpha value is -0.980. The van der Waals surface area contributed by atoms with Gasteiger partial charge in [-0.2, -0.15) is 0 Å². The summed E-state index contributed by atoms with van der Waals surface area (Å²) in [4.78, 5) is 4.49. The third-order valence-corrected chi connectivity index (χ3v) is 2.24. The van der Waals surface area contributed by atoms with Crippen LogP contribution in [0.2, 0.25) is 0 Å². The van der Waals surface area contributed by atoms with Crippen LogP contribution in [0, 0.1) is 0 Å². The second-order valence-electron chi connectivity index (χ2n) is 3.58. The Bertz CT molecular complexity index is 361. The first-order valence-electron chi connectivity index (χ1n) is 5.95. The van der Waals surface area contributed by atoms with E-state index in [1.807, 2.05) is 24.3 Å². The van der Waals surface area contributed by atoms with Crippen molar-refractivity contribution in [3.05, 3.63) is 29.8 Å². The number of nitrogens with one attached hydrogen (secondary N) is 2. The van der Waals surface area contributed by atoms with E-state index in [4.69, 9.17) is 4.74 Å². The number of rotatable bonds is 5. The summed E-state index contributed by atoms with van der Waals surface area (Å²) < 4.78 is 5.18. The van der Waals surface area contributed by atoms with Gasteiger partial charge >= 0.3 is 0 Å². The van der Waals surface area contributed by atoms with E-state index in [0.717, 1.165) is 30.4 Å². The maximum Gasteiger partial charge on any atom is 0.191 e. The Balaban J connectivity index is 0.00000289. The Morgan fingerprint density at radius 2 is 1.89 bits per heavy atom. The van der Waals surface area contributed by atoms with E-state index < -0.39 is 0 Å².